The molecule has 0 spiro atoms. The summed E-state index contributed by atoms with van der Waals surface area (Å²) in [6, 6.07) is 6.24. The Morgan fingerprint density at radius 1 is 1.14 bits per heavy atom. The monoisotopic (exact) mass is 727 g/mol. The van der Waals surface area contributed by atoms with Crippen LogP contribution in [0.4, 0.5) is 0 Å². The van der Waals surface area contributed by atoms with Crippen molar-refractivity contribution in [1.82, 2.24) is 25.4 Å². The average molecular weight is 728 g/mol. The second kappa shape index (κ2) is 17.3. The highest BCUT2D eigenvalue weighted by Gasteiger charge is 2.57. The number of likely N-dealkylation sites (tertiary alicyclic amines) is 1. The van der Waals surface area contributed by atoms with Gasteiger partial charge in [0.1, 0.15) is 28.6 Å². The maximum Gasteiger partial charge on any atom is 0.306 e. The van der Waals surface area contributed by atoms with Crippen LogP contribution in [0.25, 0.3) is 0 Å². The SMILES string of the molecule is CCC(C)[C@H](NC(=O)[C@H]1CCCCN1C)C(=O)N(C)C(C[C@@H](O)c1nc(C(=O)NC2(C[C@H](C)C(=O)O)CC2c2ccc(OC)cc2)cs1)C(C)C. The summed E-state index contributed by atoms with van der Waals surface area (Å²) in [5, 5.41) is 29.2. The summed E-state index contributed by atoms with van der Waals surface area (Å²) in [4.78, 5) is 60.9. The van der Waals surface area contributed by atoms with E-state index in [0.717, 1.165) is 31.4 Å². The number of carboxylic acid groups (broad SMARTS) is 1. The van der Waals surface area contributed by atoms with Crippen molar-refractivity contribution >= 4 is 35.0 Å². The molecule has 4 rings (SSSR count). The molecule has 8 atom stereocenters. The molecule has 2 aliphatic rings. The molecule has 1 saturated carbocycles. The van der Waals surface area contributed by atoms with Gasteiger partial charge in [-0.05, 0) is 68.8 Å². The van der Waals surface area contributed by atoms with Crippen LogP contribution in [0.3, 0.4) is 0 Å². The Labute approximate surface area is 306 Å². The summed E-state index contributed by atoms with van der Waals surface area (Å²) in [6.07, 6.45) is 3.51. The molecule has 1 aromatic carbocycles. The van der Waals surface area contributed by atoms with E-state index in [1.807, 2.05) is 59.0 Å². The lowest BCUT2D eigenvalue weighted by molar-refractivity contribution is -0.141. The number of amides is 3. The maximum absolute atomic E-state index is 14.0. The third-order valence-corrected chi connectivity index (χ3v) is 12.0. The fourth-order valence-corrected chi connectivity index (χ4v) is 8.19. The minimum absolute atomic E-state index is 0.0186. The van der Waals surface area contributed by atoms with Gasteiger partial charge in [-0.15, -0.1) is 11.3 Å². The van der Waals surface area contributed by atoms with Crippen molar-refractivity contribution in [1.29, 1.82) is 0 Å². The molecule has 4 N–H and O–H groups in total. The predicted molar refractivity (Wildman–Crippen MR) is 197 cm³/mol. The zero-order chi connectivity index (χ0) is 37.6. The Morgan fingerprint density at radius 2 is 1.82 bits per heavy atom. The first-order valence-corrected chi connectivity index (χ1v) is 19.1. The van der Waals surface area contributed by atoms with Gasteiger partial charge in [0.05, 0.1) is 19.1 Å². The third-order valence-electron chi connectivity index (χ3n) is 11.0. The highest BCUT2D eigenvalue weighted by atomic mass is 32.1. The molecule has 12 nitrogen and oxygen atoms in total. The van der Waals surface area contributed by atoms with Crippen LogP contribution in [-0.2, 0) is 14.4 Å². The molecule has 1 saturated heterocycles. The number of carbonyl (C=O) groups excluding carboxylic acids is 3. The number of aliphatic hydroxyl groups is 1. The topological polar surface area (TPSA) is 161 Å². The molecule has 1 aliphatic carbocycles. The Bertz CT molecular complexity index is 1520. The van der Waals surface area contributed by atoms with Gasteiger partial charge in [-0.1, -0.05) is 59.6 Å². The number of ether oxygens (including phenoxy) is 1. The summed E-state index contributed by atoms with van der Waals surface area (Å²) < 4.78 is 5.27. The smallest absolute Gasteiger partial charge is 0.306 e. The van der Waals surface area contributed by atoms with Crippen LogP contribution in [0.5, 0.6) is 5.75 Å². The van der Waals surface area contributed by atoms with Gasteiger partial charge in [0.15, 0.2) is 0 Å². The van der Waals surface area contributed by atoms with Crippen LogP contribution >= 0.6 is 11.3 Å². The molecule has 4 unspecified atom stereocenters. The number of carboxylic acids is 1. The predicted octanol–water partition coefficient (Wildman–Crippen LogP) is 4.84. The van der Waals surface area contributed by atoms with E-state index < -0.39 is 35.5 Å². The van der Waals surface area contributed by atoms with E-state index in [9.17, 15) is 29.4 Å². The standard InChI is InChI=1S/C38H57N5O7S/c1-9-23(4)32(40-34(46)29-12-10-11-17-42(29)6)36(47)43(7)30(22(2)3)18-31(44)35-39-28(21-51-35)33(45)41-38(19-24(5)37(48)49)20-27(38)25-13-15-26(50-8)16-14-25/h13-16,21-24,27,29-32,44H,9-12,17-20H2,1-8H3,(H,40,46)(H,41,45)(H,48,49)/t23?,24-,27?,29+,30?,31+,32-,38?/m0/s1. The van der Waals surface area contributed by atoms with Gasteiger partial charge in [0.2, 0.25) is 11.8 Å². The summed E-state index contributed by atoms with van der Waals surface area (Å²) in [5.41, 5.74) is 0.388. The van der Waals surface area contributed by atoms with E-state index in [1.54, 1.807) is 31.4 Å². The number of nitrogens with zero attached hydrogens (tertiary/aromatic N) is 3. The van der Waals surface area contributed by atoms with E-state index >= 15 is 0 Å². The lowest BCUT2D eigenvalue weighted by atomic mass is 9.92. The van der Waals surface area contributed by atoms with Gasteiger partial charge in [-0.25, -0.2) is 4.98 Å². The molecule has 2 fully saturated rings. The van der Waals surface area contributed by atoms with E-state index in [0.29, 0.717) is 23.6 Å². The van der Waals surface area contributed by atoms with Crippen molar-refractivity contribution in [2.24, 2.45) is 17.8 Å². The summed E-state index contributed by atoms with van der Waals surface area (Å²) in [5.74, 6) is -1.81. The molecule has 0 bridgehead atoms. The van der Waals surface area contributed by atoms with Crippen LogP contribution in [0.15, 0.2) is 29.6 Å². The maximum atomic E-state index is 14.0. The molecule has 1 aliphatic heterocycles. The summed E-state index contributed by atoms with van der Waals surface area (Å²) >= 11 is 1.17. The number of benzene rings is 1. The fraction of sp³-hybridized carbons (Fsp3) is 0.658. The zero-order valence-corrected chi connectivity index (χ0v) is 32.2. The number of likely N-dealkylation sites (N-methyl/N-ethyl adjacent to an activating group) is 2. The van der Waals surface area contributed by atoms with Crippen molar-refractivity contribution in [2.75, 3.05) is 27.7 Å². The quantitative estimate of drug-likeness (QED) is 0.179. The van der Waals surface area contributed by atoms with Gasteiger partial charge in [-0.3, -0.25) is 24.1 Å². The number of carbonyl (C=O) groups is 4. The number of aliphatic hydroxyl groups excluding tert-OH is 1. The lowest BCUT2D eigenvalue weighted by Crippen LogP contribution is -2.58. The number of hydrogen-bond donors (Lipinski definition) is 4. The van der Waals surface area contributed by atoms with Crippen LogP contribution in [0, 0.1) is 17.8 Å². The molecule has 51 heavy (non-hydrogen) atoms. The number of nitrogens with one attached hydrogen (secondary N) is 2. The van der Waals surface area contributed by atoms with Gasteiger partial charge < -0.3 is 30.5 Å². The highest BCUT2D eigenvalue weighted by Crippen LogP contribution is 2.55. The first-order chi connectivity index (χ1) is 24.1. The molecule has 282 valence electrons. The Balaban J connectivity index is 1.45. The van der Waals surface area contributed by atoms with Gasteiger partial charge in [0.25, 0.3) is 5.91 Å². The minimum Gasteiger partial charge on any atom is -0.497 e. The Morgan fingerprint density at radius 3 is 2.41 bits per heavy atom. The van der Waals surface area contributed by atoms with Crippen molar-refractivity contribution < 1.29 is 34.1 Å². The second-order valence-electron chi connectivity index (χ2n) is 15.0. The zero-order valence-electron chi connectivity index (χ0n) is 31.3. The van der Waals surface area contributed by atoms with E-state index in [1.165, 1.54) is 11.3 Å². The number of aliphatic carboxylic acids is 1. The summed E-state index contributed by atoms with van der Waals surface area (Å²) in [6.45, 7) is 10.4. The molecule has 2 heterocycles. The van der Waals surface area contributed by atoms with Gasteiger partial charge >= 0.3 is 5.97 Å². The third kappa shape index (κ3) is 9.66. The van der Waals surface area contributed by atoms with E-state index in [-0.39, 0.29) is 60.2 Å². The van der Waals surface area contributed by atoms with Crippen molar-refractivity contribution in [3.63, 3.8) is 0 Å². The van der Waals surface area contributed by atoms with Crippen molar-refractivity contribution in [2.45, 2.75) is 115 Å². The normalized spacial score (nSPS) is 23.4. The highest BCUT2D eigenvalue weighted by molar-refractivity contribution is 7.09. The molecular weight excluding hydrogens is 671 g/mol. The molecule has 2 aromatic rings. The number of thiazole rings is 1. The Kier molecular flexibility index (Phi) is 13.7. The van der Waals surface area contributed by atoms with Gasteiger partial charge in [-0.2, -0.15) is 0 Å². The van der Waals surface area contributed by atoms with Crippen molar-refractivity contribution in [3.05, 3.63) is 45.9 Å². The lowest BCUT2D eigenvalue weighted by Gasteiger charge is -2.38. The minimum atomic E-state index is -1.04. The second-order valence-corrected chi connectivity index (χ2v) is 15.9. The Hall–Kier alpha value is -3.55. The van der Waals surface area contributed by atoms with Crippen LogP contribution in [-0.4, -0.2) is 100 Å². The molecule has 0 radical (unpaired) electrons. The first kappa shape index (κ1) is 40.2. The van der Waals surface area contributed by atoms with Crippen LogP contribution in [0.2, 0.25) is 0 Å². The number of aromatic nitrogens is 1. The summed E-state index contributed by atoms with van der Waals surface area (Å²) in [7, 11) is 5.26. The van der Waals surface area contributed by atoms with Crippen molar-refractivity contribution in [3.8, 4) is 5.75 Å². The largest absolute Gasteiger partial charge is 0.497 e. The first-order valence-electron chi connectivity index (χ1n) is 18.2. The molecular formula is C38H57N5O7S. The number of piperidine rings is 1. The van der Waals surface area contributed by atoms with E-state index in [2.05, 4.69) is 20.5 Å². The van der Waals surface area contributed by atoms with Gasteiger partial charge in [0, 0.05) is 36.3 Å². The molecule has 13 heteroatoms. The average Bonchev–Trinajstić information content (AvgIpc) is 3.55. The number of hydrogen-bond acceptors (Lipinski definition) is 9. The van der Waals surface area contributed by atoms with Crippen LogP contribution < -0.4 is 15.4 Å². The molecule has 1 aromatic heterocycles. The molecule has 3 amide bonds. The number of rotatable bonds is 17. The number of methoxy groups -OCH3 is 1. The fourth-order valence-electron chi connectivity index (χ4n) is 7.39. The van der Waals surface area contributed by atoms with E-state index in [4.69, 9.17) is 4.74 Å². The van der Waals surface area contributed by atoms with Crippen LogP contribution in [0.1, 0.15) is 113 Å².